The Balaban J connectivity index is 1.43. The van der Waals surface area contributed by atoms with Crippen molar-refractivity contribution in [3.05, 3.63) is 71.0 Å². The first-order valence-corrected chi connectivity index (χ1v) is 11.8. The number of nitrogens with zero attached hydrogens (tertiary/aromatic N) is 5. The van der Waals surface area contributed by atoms with Crippen LogP contribution in [0.15, 0.2) is 48.5 Å². The molecule has 34 heavy (non-hydrogen) atoms. The van der Waals surface area contributed by atoms with E-state index in [2.05, 4.69) is 41.2 Å². The minimum atomic E-state index is -0.120. The number of para-hydroxylation sites is 1. The molecule has 7 heteroatoms. The van der Waals surface area contributed by atoms with Crippen LogP contribution in [0.1, 0.15) is 35.4 Å². The summed E-state index contributed by atoms with van der Waals surface area (Å²) >= 11 is 0. The highest BCUT2D eigenvalue weighted by Gasteiger charge is 2.29. The minimum Gasteiger partial charge on any atom is -0.352 e. The lowest BCUT2D eigenvalue weighted by molar-refractivity contribution is -0.120. The summed E-state index contributed by atoms with van der Waals surface area (Å²) in [5.41, 5.74) is 6.98. The summed E-state index contributed by atoms with van der Waals surface area (Å²) in [7, 11) is 0. The van der Waals surface area contributed by atoms with E-state index in [0.29, 0.717) is 6.54 Å². The molecule has 1 fully saturated rings. The number of piperidine rings is 1. The number of benzene rings is 2. The molecule has 174 valence electrons. The van der Waals surface area contributed by atoms with Crippen LogP contribution < -0.4 is 10.2 Å². The van der Waals surface area contributed by atoms with Crippen molar-refractivity contribution >= 4 is 28.3 Å². The molecule has 0 spiro atoms. The zero-order chi connectivity index (χ0) is 23.8. The molecular formula is C27H30N6O. The molecular weight excluding hydrogens is 424 g/mol. The average Bonchev–Trinajstić information content (AvgIpc) is 3.20. The van der Waals surface area contributed by atoms with Gasteiger partial charge in [-0.3, -0.25) is 4.79 Å². The first-order chi connectivity index (χ1) is 16.4. The van der Waals surface area contributed by atoms with Crippen LogP contribution in [-0.2, 0) is 4.79 Å². The highest BCUT2D eigenvalue weighted by Crippen LogP contribution is 2.32. The third-order valence-corrected chi connectivity index (χ3v) is 6.85. The van der Waals surface area contributed by atoms with Gasteiger partial charge in [-0.15, -0.1) is 5.10 Å². The second-order valence-electron chi connectivity index (χ2n) is 9.24. The smallest absolute Gasteiger partial charge is 0.229 e. The summed E-state index contributed by atoms with van der Waals surface area (Å²) in [4.78, 5) is 15.3. The maximum Gasteiger partial charge on any atom is 0.229 e. The summed E-state index contributed by atoms with van der Waals surface area (Å²) in [5.74, 6) is 0.683. The Kier molecular flexibility index (Phi) is 5.77. The molecule has 1 N–H and O–H groups in total. The van der Waals surface area contributed by atoms with Crippen molar-refractivity contribution in [1.82, 2.24) is 20.0 Å². The van der Waals surface area contributed by atoms with Gasteiger partial charge in [0, 0.05) is 18.8 Å². The summed E-state index contributed by atoms with van der Waals surface area (Å²) in [6, 6.07) is 16.1. The summed E-state index contributed by atoms with van der Waals surface area (Å²) in [6.07, 6.45) is 1.77. The molecule has 1 amide bonds. The first-order valence-electron chi connectivity index (χ1n) is 11.8. The zero-order valence-electron chi connectivity index (χ0n) is 20.2. The van der Waals surface area contributed by atoms with Gasteiger partial charge in [-0.1, -0.05) is 24.3 Å². The summed E-state index contributed by atoms with van der Waals surface area (Å²) in [5, 5.41) is 18.1. The molecule has 0 saturated carbocycles. The number of anilines is 2. The van der Waals surface area contributed by atoms with Crippen molar-refractivity contribution in [3.63, 3.8) is 0 Å². The van der Waals surface area contributed by atoms with Gasteiger partial charge in [0.2, 0.25) is 5.91 Å². The molecule has 7 nitrogen and oxygen atoms in total. The molecule has 2 aromatic carbocycles. The van der Waals surface area contributed by atoms with Gasteiger partial charge in [0.05, 0.1) is 28.4 Å². The van der Waals surface area contributed by atoms with E-state index < -0.39 is 0 Å². The SMILES string of the molecule is Cc1ccc(NC(=O)C2CCCN(c3nnc(C)c4c(C)n(-c5ccccc5)nc34)C2)cc1C. The number of carbonyl (C=O) groups is 1. The summed E-state index contributed by atoms with van der Waals surface area (Å²) in [6.45, 7) is 9.60. The predicted molar refractivity (Wildman–Crippen MR) is 136 cm³/mol. The van der Waals surface area contributed by atoms with Crippen LogP contribution in [0.3, 0.4) is 0 Å². The van der Waals surface area contributed by atoms with Gasteiger partial charge in [-0.2, -0.15) is 10.2 Å². The topological polar surface area (TPSA) is 75.9 Å². The van der Waals surface area contributed by atoms with Crippen molar-refractivity contribution in [2.75, 3.05) is 23.3 Å². The average molecular weight is 455 g/mol. The number of carbonyl (C=O) groups excluding carboxylic acids is 1. The number of hydrogen-bond acceptors (Lipinski definition) is 5. The highest BCUT2D eigenvalue weighted by atomic mass is 16.1. The van der Waals surface area contributed by atoms with E-state index in [0.717, 1.165) is 58.9 Å². The molecule has 1 atom stereocenters. The van der Waals surface area contributed by atoms with Crippen molar-refractivity contribution in [2.45, 2.75) is 40.5 Å². The van der Waals surface area contributed by atoms with Crippen LogP contribution in [0.5, 0.6) is 0 Å². The van der Waals surface area contributed by atoms with E-state index in [1.165, 1.54) is 11.1 Å². The molecule has 5 rings (SSSR count). The van der Waals surface area contributed by atoms with Gasteiger partial charge in [0.25, 0.3) is 0 Å². The minimum absolute atomic E-state index is 0.0512. The van der Waals surface area contributed by atoms with E-state index in [-0.39, 0.29) is 11.8 Å². The number of hydrogen-bond donors (Lipinski definition) is 1. The van der Waals surface area contributed by atoms with E-state index in [4.69, 9.17) is 5.10 Å². The van der Waals surface area contributed by atoms with Crippen LogP contribution in [0.4, 0.5) is 11.5 Å². The van der Waals surface area contributed by atoms with Crippen molar-refractivity contribution in [1.29, 1.82) is 0 Å². The Hall–Kier alpha value is -3.74. The third kappa shape index (κ3) is 4.02. The number of amides is 1. The molecule has 4 aromatic rings. The fourth-order valence-electron chi connectivity index (χ4n) is 4.79. The van der Waals surface area contributed by atoms with E-state index in [1.807, 2.05) is 60.1 Å². The Labute approximate surface area is 199 Å². The van der Waals surface area contributed by atoms with Crippen molar-refractivity contribution < 1.29 is 4.79 Å². The Morgan fingerprint density at radius 1 is 1.00 bits per heavy atom. The Bertz CT molecular complexity index is 1360. The molecule has 1 aliphatic heterocycles. The normalized spacial score (nSPS) is 16.1. The quantitative estimate of drug-likeness (QED) is 0.474. The van der Waals surface area contributed by atoms with Gasteiger partial charge in [0.1, 0.15) is 5.52 Å². The van der Waals surface area contributed by atoms with Gasteiger partial charge in [-0.05, 0) is 75.9 Å². The fourth-order valence-corrected chi connectivity index (χ4v) is 4.79. The maximum atomic E-state index is 13.1. The Morgan fingerprint density at radius 2 is 1.79 bits per heavy atom. The van der Waals surface area contributed by atoms with Gasteiger partial charge in [0.15, 0.2) is 5.82 Å². The second kappa shape index (κ2) is 8.89. The lowest BCUT2D eigenvalue weighted by Gasteiger charge is -2.32. The standard InChI is InChI=1S/C27H30N6O/c1-17-12-13-22(15-18(17)2)28-27(34)21-9-8-14-32(16-21)26-25-24(19(3)29-30-26)20(4)33(31-25)23-10-6-5-7-11-23/h5-7,10-13,15,21H,8-9,14,16H2,1-4H3,(H,28,34). The molecule has 2 aromatic heterocycles. The number of aryl methyl sites for hydroxylation is 4. The van der Waals surface area contributed by atoms with Crippen LogP contribution in [0.25, 0.3) is 16.6 Å². The van der Waals surface area contributed by atoms with Crippen molar-refractivity contribution in [2.24, 2.45) is 5.92 Å². The predicted octanol–water partition coefficient (Wildman–Crippen LogP) is 4.90. The van der Waals surface area contributed by atoms with Crippen LogP contribution in [0.2, 0.25) is 0 Å². The molecule has 3 heterocycles. The first kappa shape index (κ1) is 22.1. The third-order valence-electron chi connectivity index (χ3n) is 6.85. The van der Waals surface area contributed by atoms with Gasteiger partial charge < -0.3 is 10.2 Å². The highest BCUT2D eigenvalue weighted by molar-refractivity contribution is 5.95. The van der Waals surface area contributed by atoms with Crippen LogP contribution in [-0.4, -0.2) is 39.0 Å². The lowest BCUT2D eigenvalue weighted by atomic mass is 9.96. The van der Waals surface area contributed by atoms with E-state index in [1.54, 1.807) is 0 Å². The maximum absolute atomic E-state index is 13.1. The second-order valence-corrected chi connectivity index (χ2v) is 9.24. The van der Waals surface area contributed by atoms with Crippen molar-refractivity contribution in [3.8, 4) is 5.69 Å². The number of nitrogens with one attached hydrogen (secondary N) is 1. The molecule has 1 unspecified atom stereocenters. The lowest BCUT2D eigenvalue weighted by Crippen LogP contribution is -2.41. The Morgan fingerprint density at radius 3 is 2.56 bits per heavy atom. The van der Waals surface area contributed by atoms with E-state index in [9.17, 15) is 4.79 Å². The van der Waals surface area contributed by atoms with Crippen LogP contribution >= 0.6 is 0 Å². The zero-order valence-corrected chi connectivity index (χ0v) is 20.2. The van der Waals surface area contributed by atoms with Gasteiger partial charge >= 0.3 is 0 Å². The van der Waals surface area contributed by atoms with Crippen LogP contribution in [0, 0.1) is 33.6 Å². The molecule has 0 bridgehead atoms. The number of fused-ring (bicyclic) bond motifs is 1. The summed E-state index contributed by atoms with van der Waals surface area (Å²) < 4.78 is 1.96. The van der Waals surface area contributed by atoms with Gasteiger partial charge in [-0.25, -0.2) is 4.68 Å². The molecule has 1 saturated heterocycles. The molecule has 0 radical (unpaired) electrons. The fraction of sp³-hybridized carbons (Fsp3) is 0.333. The van der Waals surface area contributed by atoms with E-state index >= 15 is 0 Å². The number of rotatable bonds is 4. The molecule has 1 aliphatic rings. The largest absolute Gasteiger partial charge is 0.352 e. The monoisotopic (exact) mass is 454 g/mol. The number of aromatic nitrogens is 4. The molecule has 0 aliphatic carbocycles.